The van der Waals surface area contributed by atoms with Gasteiger partial charge in [0.1, 0.15) is 5.75 Å². The number of morpholine rings is 1. The monoisotopic (exact) mass is 290 g/mol. The standard InChI is InChI=1S/C17H26N2O2/c1-20-15-5-3-14-4-6-17(16(14)13-15)18-7-2-8-19-9-11-21-12-10-19/h3,5,13,17-18H,2,4,6-12H2,1H3. The van der Waals surface area contributed by atoms with Gasteiger partial charge in [0.05, 0.1) is 20.3 Å². The summed E-state index contributed by atoms with van der Waals surface area (Å²) in [5.41, 5.74) is 2.90. The molecule has 116 valence electrons. The molecule has 0 amide bonds. The van der Waals surface area contributed by atoms with Crippen molar-refractivity contribution in [2.75, 3.05) is 46.5 Å². The largest absolute Gasteiger partial charge is 0.497 e. The molecule has 1 aromatic rings. The molecule has 1 N–H and O–H groups in total. The topological polar surface area (TPSA) is 33.7 Å². The Hall–Kier alpha value is -1.10. The summed E-state index contributed by atoms with van der Waals surface area (Å²) in [6.45, 7) is 6.21. The zero-order valence-corrected chi connectivity index (χ0v) is 12.9. The van der Waals surface area contributed by atoms with Crippen molar-refractivity contribution in [3.05, 3.63) is 29.3 Å². The average Bonchev–Trinajstić information content (AvgIpc) is 2.95. The number of fused-ring (bicyclic) bond motifs is 1. The van der Waals surface area contributed by atoms with Gasteiger partial charge < -0.3 is 14.8 Å². The number of nitrogens with zero attached hydrogens (tertiary/aromatic N) is 1. The maximum absolute atomic E-state index is 5.38. The lowest BCUT2D eigenvalue weighted by atomic mass is 10.1. The van der Waals surface area contributed by atoms with Crippen LogP contribution in [0, 0.1) is 0 Å². The second-order valence-electron chi connectivity index (χ2n) is 5.92. The maximum Gasteiger partial charge on any atom is 0.119 e. The summed E-state index contributed by atoms with van der Waals surface area (Å²) in [4.78, 5) is 2.50. The molecular formula is C17H26N2O2. The molecule has 0 saturated carbocycles. The normalized spacial score (nSPS) is 22.2. The first-order valence-corrected chi connectivity index (χ1v) is 8.07. The van der Waals surface area contributed by atoms with Gasteiger partial charge in [0, 0.05) is 19.1 Å². The molecule has 1 aliphatic heterocycles. The number of aryl methyl sites for hydroxylation is 1. The molecular weight excluding hydrogens is 264 g/mol. The fraction of sp³-hybridized carbons (Fsp3) is 0.647. The summed E-state index contributed by atoms with van der Waals surface area (Å²) in [5, 5.41) is 3.72. The van der Waals surface area contributed by atoms with E-state index in [2.05, 4.69) is 28.4 Å². The molecule has 1 saturated heterocycles. The second-order valence-corrected chi connectivity index (χ2v) is 5.92. The van der Waals surface area contributed by atoms with E-state index in [0.29, 0.717) is 6.04 Å². The van der Waals surface area contributed by atoms with Gasteiger partial charge in [0.25, 0.3) is 0 Å². The van der Waals surface area contributed by atoms with Crippen molar-refractivity contribution in [1.29, 1.82) is 0 Å². The van der Waals surface area contributed by atoms with Crippen LogP contribution in [0.1, 0.15) is 30.0 Å². The van der Waals surface area contributed by atoms with E-state index >= 15 is 0 Å². The third-order valence-corrected chi connectivity index (χ3v) is 4.58. The van der Waals surface area contributed by atoms with Crippen LogP contribution in [0.5, 0.6) is 5.75 Å². The lowest BCUT2D eigenvalue weighted by Gasteiger charge is -2.26. The predicted molar refractivity (Wildman–Crippen MR) is 83.9 cm³/mol. The minimum absolute atomic E-state index is 0.500. The number of hydrogen-bond acceptors (Lipinski definition) is 4. The van der Waals surface area contributed by atoms with Crippen molar-refractivity contribution in [2.45, 2.75) is 25.3 Å². The molecule has 1 aromatic carbocycles. The Morgan fingerprint density at radius 2 is 2.19 bits per heavy atom. The molecule has 0 radical (unpaired) electrons. The molecule has 0 aromatic heterocycles. The molecule has 3 rings (SSSR count). The highest BCUT2D eigenvalue weighted by molar-refractivity contribution is 5.40. The Labute approximate surface area is 127 Å². The van der Waals surface area contributed by atoms with Crippen LogP contribution in [0.3, 0.4) is 0 Å². The molecule has 1 heterocycles. The smallest absolute Gasteiger partial charge is 0.119 e. The highest BCUT2D eigenvalue weighted by Gasteiger charge is 2.22. The van der Waals surface area contributed by atoms with Crippen molar-refractivity contribution < 1.29 is 9.47 Å². The fourth-order valence-corrected chi connectivity index (χ4v) is 3.32. The van der Waals surface area contributed by atoms with Gasteiger partial charge in [-0.15, -0.1) is 0 Å². The Morgan fingerprint density at radius 3 is 3.00 bits per heavy atom. The molecule has 1 fully saturated rings. The minimum Gasteiger partial charge on any atom is -0.497 e. The number of nitrogens with one attached hydrogen (secondary N) is 1. The van der Waals surface area contributed by atoms with E-state index in [0.717, 1.165) is 38.6 Å². The van der Waals surface area contributed by atoms with Crippen molar-refractivity contribution in [1.82, 2.24) is 10.2 Å². The van der Waals surface area contributed by atoms with Crippen LogP contribution in [0.25, 0.3) is 0 Å². The third kappa shape index (κ3) is 3.76. The Kier molecular flexibility index (Phi) is 5.12. The first-order chi connectivity index (χ1) is 10.4. The van der Waals surface area contributed by atoms with Crippen molar-refractivity contribution in [3.63, 3.8) is 0 Å². The van der Waals surface area contributed by atoms with Crippen LogP contribution in [-0.4, -0.2) is 51.4 Å². The van der Waals surface area contributed by atoms with Crippen LogP contribution in [0.15, 0.2) is 18.2 Å². The van der Waals surface area contributed by atoms with Crippen molar-refractivity contribution in [2.24, 2.45) is 0 Å². The first-order valence-electron chi connectivity index (χ1n) is 8.07. The van der Waals surface area contributed by atoms with E-state index in [4.69, 9.17) is 9.47 Å². The quantitative estimate of drug-likeness (QED) is 0.813. The van der Waals surface area contributed by atoms with Crippen LogP contribution in [-0.2, 0) is 11.2 Å². The summed E-state index contributed by atoms with van der Waals surface area (Å²) in [6, 6.07) is 6.98. The van der Waals surface area contributed by atoms with Gasteiger partial charge >= 0.3 is 0 Å². The molecule has 21 heavy (non-hydrogen) atoms. The van der Waals surface area contributed by atoms with Crippen molar-refractivity contribution in [3.8, 4) is 5.75 Å². The highest BCUT2D eigenvalue weighted by Crippen LogP contribution is 2.33. The summed E-state index contributed by atoms with van der Waals surface area (Å²) in [6.07, 6.45) is 3.59. The molecule has 0 bridgehead atoms. The van der Waals surface area contributed by atoms with Gasteiger partial charge in [-0.05, 0) is 55.6 Å². The van der Waals surface area contributed by atoms with E-state index in [-0.39, 0.29) is 0 Å². The summed E-state index contributed by atoms with van der Waals surface area (Å²) >= 11 is 0. The van der Waals surface area contributed by atoms with E-state index < -0.39 is 0 Å². The average molecular weight is 290 g/mol. The van der Waals surface area contributed by atoms with Gasteiger partial charge in [-0.2, -0.15) is 0 Å². The second kappa shape index (κ2) is 7.25. The van der Waals surface area contributed by atoms with E-state index in [1.807, 2.05) is 0 Å². The molecule has 2 aliphatic rings. The Morgan fingerprint density at radius 1 is 1.33 bits per heavy atom. The number of hydrogen-bond donors (Lipinski definition) is 1. The van der Waals surface area contributed by atoms with Gasteiger partial charge in [0.2, 0.25) is 0 Å². The van der Waals surface area contributed by atoms with E-state index in [9.17, 15) is 0 Å². The van der Waals surface area contributed by atoms with Gasteiger partial charge in [0.15, 0.2) is 0 Å². The predicted octanol–water partition coefficient (Wildman–Crippen LogP) is 1.99. The lowest BCUT2D eigenvalue weighted by Crippen LogP contribution is -2.37. The maximum atomic E-state index is 5.38. The molecule has 1 unspecified atom stereocenters. The number of methoxy groups -OCH3 is 1. The van der Waals surface area contributed by atoms with Crippen LogP contribution < -0.4 is 10.1 Å². The number of ether oxygens (including phenoxy) is 2. The molecule has 1 aliphatic carbocycles. The zero-order valence-electron chi connectivity index (χ0n) is 12.9. The van der Waals surface area contributed by atoms with E-state index in [1.54, 1.807) is 7.11 Å². The van der Waals surface area contributed by atoms with Gasteiger partial charge in [-0.1, -0.05) is 6.07 Å². The Balaban J connectivity index is 1.44. The third-order valence-electron chi connectivity index (χ3n) is 4.58. The number of rotatable bonds is 6. The molecule has 4 nitrogen and oxygen atoms in total. The van der Waals surface area contributed by atoms with Gasteiger partial charge in [-0.25, -0.2) is 0 Å². The van der Waals surface area contributed by atoms with E-state index in [1.165, 1.54) is 36.9 Å². The van der Waals surface area contributed by atoms with Crippen molar-refractivity contribution >= 4 is 0 Å². The molecule has 1 atom stereocenters. The fourth-order valence-electron chi connectivity index (χ4n) is 3.32. The van der Waals surface area contributed by atoms with Crippen LogP contribution in [0.4, 0.5) is 0 Å². The van der Waals surface area contributed by atoms with Gasteiger partial charge in [-0.3, -0.25) is 4.90 Å². The zero-order chi connectivity index (χ0) is 14.5. The number of benzene rings is 1. The molecule has 0 spiro atoms. The lowest BCUT2D eigenvalue weighted by molar-refractivity contribution is 0.0374. The summed E-state index contributed by atoms with van der Waals surface area (Å²) in [5.74, 6) is 0.968. The van der Waals surface area contributed by atoms with Crippen LogP contribution >= 0.6 is 0 Å². The first kappa shape index (κ1) is 14.8. The highest BCUT2D eigenvalue weighted by atomic mass is 16.5. The summed E-state index contributed by atoms with van der Waals surface area (Å²) in [7, 11) is 1.74. The Bertz CT molecular complexity index is 458. The summed E-state index contributed by atoms with van der Waals surface area (Å²) < 4.78 is 10.7. The minimum atomic E-state index is 0.500. The SMILES string of the molecule is COc1ccc2c(c1)C(NCCCN1CCOCC1)CC2. The van der Waals surface area contributed by atoms with Crippen LogP contribution in [0.2, 0.25) is 0 Å². The molecule has 4 heteroatoms.